The van der Waals surface area contributed by atoms with E-state index in [2.05, 4.69) is 67.9 Å². The summed E-state index contributed by atoms with van der Waals surface area (Å²) in [5, 5.41) is 27.7. The number of esters is 1. The van der Waals surface area contributed by atoms with Crippen LogP contribution in [0.5, 0.6) is 23.0 Å². The third-order valence-corrected chi connectivity index (χ3v) is 12.6. The third kappa shape index (κ3) is 16.5. The Morgan fingerprint density at radius 2 is 1.11 bits per heavy atom. The van der Waals surface area contributed by atoms with E-state index in [1.807, 2.05) is 86.6 Å². The number of carboxylic acids is 1. The zero-order chi connectivity index (χ0) is 50.8. The van der Waals surface area contributed by atoms with Crippen LogP contribution in [0.25, 0.3) is 11.1 Å². The van der Waals surface area contributed by atoms with Gasteiger partial charge in [-0.3, -0.25) is 9.59 Å². The van der Waals surface area contributed by atoms with Crippen LogP contribution in [-0.2, 0) is 53.2 Å². The van der Waals surface area contributed by atoms with E-state index in [0.717, 1.165) is 73.7 Å². The number of carboxylic acid groups (broad SMARTS) is 1. The highest BCUT2D eigenvalue weighted by Gasteiger charge is 2.34. The van der Waals surface area contributed by atoms with E-state index in [0.29, 0.717) is 48.2 Å². The summed E-state index contributed by atoms with van der Waals surface area (Å²) >= 11 is 15.2. The average molecular weight is 1070 g/mol. The number of carbonyl (C=O) groups is 2. The van der Waals surface area contributed by atoms with E-state index in [9.17, 15) is 9.59 Å². The van der Waals surface area contributed by atoms with Gasteiger partial charge in [0.05, 0.1) is 18.4 Å². The molecule has 71 heavy (non-hydrogen) atoms. The Labute approximate surface area is 437 Å². The molecule has 2 aliphatic rings. The number of fused-ring (bicyclic) bond motifs is 2. The maximum absolute atomic E-state index is 11.8. The molecule has 3 N–H and O–H groups in total. The first-order valence-corrected chi connectivity index (χ1v) is 24.8. The summed E-state index contributed by atoms with van der Waals surface area (Å²) in [5.41, 5.74) is 8.71. The van der Waals surface area contributed by atoms with E-state index in [4.69, 9.17) is 62.0 Å². The van der Waals surface area contributed by atoms with Gasteiger partial charge in [0, 0.05) is 38.5 Å². The van der Waals surface area contributed by atoms with Gasteiger partial charge in [0.1, 0.15) is 47.4 Å². The maximum atomic E-state index is 11.8. The lowest BCUT2D eigenvalue weighted by molar-refractivity contribution is -0.147. The van der Waals surface area contributed by atoms with E-state index in [-0.39, 0.29) is 30.5 Å². The predicted molar refractivity (Wildman–Crippen MR) is 287 cm³/mol. The Morgan fingerprint density at radius 3 is 1.58 bits per heavy atom. The van der Waals surface area contributed by atoms with Crippen LogP contribution in [-0.4, -0.2) is 52.0 Å². The molecule has 2 heterocycles. The molecular formula is C57H64BBrCl2O10. The number of rotatable bonds is 15. The van der Waals surface area contributed by atoms with Gasteiger partial charge >= 0.3 is 19.1 Å². The van der Waals surface area contributed by atoms with Gasteiger partial charge in [-0.1, -0.05) is 109 Å². The number of benzene rings is 6. The molecule has 14 heteroatoms. The van der Waals surface area contributed by atoms with Crippen molar-refractivity contribution in [2.24, 2.45) is 11.8 Å². The third-order valence-electron chi connectivity index (χ3n) is 11.6. The molecular weight excluding hydrogens is 1010 g/mol. The van der Waals surface area contributed by atoms with Crippen molar-refractivity contribution in [3.05, 3.63) is 169 Å². The fraction of sp³-hybridized carbons (Fsp3) is 0.333. The van der Waals surface area contributed by atoms with Gasteiger partial charge in [0.25, 0.3) is 0 Å². The summed E-state index contributed by atoms with van der Waals surface area (Å²) in [4.78, 5) is 22.8. The lowest BCUT2D eigenvalue weighted by Gasteiger charge is -2.18. The second-order valence-corrected chi connectivity index (χ2v) is 20.6. The summed E-state index contributed by atoms with van der Waals surface area (Å²) in [6.07, 6.45) is 2.88. The smallest absolute Gasteiger partial charge is 0.488 e. The molecule has 0 aromatic heterocycles. The van der Waals surface area contributed by atoms with Gasteiger partial charge in [-0.05, 0) is 159 Å². The van der Waals surface area contributed by atoms with Crippen molar-refractivity contribution in [3.63, 3.8) is 0 Å². The van der Waals surface area contributed by atoms with Crippen molar-refractivity contribution >= 4 is 63.7 Å². The summed E-state index contributed by atoms with van der Waals surface area (Å²) in [6.45, 7) is 15.0. The molecule has 8 rings (SSSR count). The van der Waals surface area contributed by atoms with Crippen molar-refractivity contribution in [3.8, 4) is 34.1 Å². The second kappa shape index (κ2) is 25.2. The Kier molecular flexibility index (Phi) is 20.1. The molecule has 2 unspecified atom stereocenters. The quantitative estimate of drug-likeness (QED) is 0.0672. The molecule has 6 aromatic rings. The van der Waals surface area contributed by atoms with Crippen LogP contribution in [0.3, 0.4) is 0 Å². The minimum absolute atomic E-state index is 0. The second-order valence-electron chi connectivity index (χ2n) is 18.9. The van der Waals surface area contributed by atoms with Crippen molar-refractivity contribution in [1.29, 1.82) is 0 Å². The van der Waals surface area contributed by atoms with E-state index >= 15 is 0 Å². The molecule has 2 atom stereocenters. The molecule has 6 aromatic carbocycles. The van der Waals surface area contributed by atoms with Gasteiger partial charge in [-0.2, -0.15) is 0 Å². The minimum Gasteiger partial charge on any atom is -0.489 e. The molecule has 0 amide bonds. The summed E-state index contributed by atoms with van der Waals surface area (Å²) < 4.78 is 30.6. The molecule has 2 aliphatic heterocycles. The van der Waals surface area contributed by atoms with Crippen LogP contribution in [0.15, 0.2) is 126 Å². The van der Waals surface area contributed by atoms with Crippen LogP contribution in [0.1, 0.15) is 89.3 Å². The number of hydrogen-bond acceptors (Lipinski definition) is 9. The number of carbonyl (C=O) groups excluding carboxylic acids is 1. The normalized spacial score (nSPS) is 14.2. The Hall–Kier alpha value is -5.50. The number of hydrogen-bond donors (Lipinski definition) is 3. The van der Waals surface area contributed by atoms with Crippen molar-refractivity contribution in [2.45, 2.75) is 106 Å². The highest BCUT2D eigenvalue weighted by atomic mass is 79.9. The Balaban J connectivity index is 0.000000220. The molecule has 0 saturated heterocycles. The molecule has 0 spiro atoms. The monoisotopic (exact) mass is 1070 g/mol. The van der Waals surface area contributed by atoms with Crippen molar-refractivity contribution in [1.82, 2.24) is 0 Å². The minimum atomic E-state index is -1.41. The van der Waals surface area contributed by atoms with Gasteiger partial charge in [-0.25, -0.2) is 0 Å². The van der Waals surface area contributed by atoms with E-state index in [1.165, 1.54) is 11.1 Å². The van der Waals surface area contributed by atoms with E-state index in [1.54, 1.807) is 31.2 Å². The van der Waals surface area contributed by atoms with Crippen molar-refractivity contribution < 1.29 is 48.4 Å². The summed E-state index contributed by atoms with van der Waals surface area (Å²) in [6, 6.07) is 38.1. The molecule has 0 radical (unpaired) electrons. The average Bonchev–Trinajstić information content (AvgIpc) is 3.81. The Bertz CT molecular complexity index is 2710. The highest BCUT2D eigenvalue weighted by molar-refractivity contribution is 9.10. The molecule has 0 bridgehead atoms. The van der Waals surface area contributed by atoms with Gasteiger partial charge in [-0.15, -0.1) is 0 Å². The predicted octanol–water partition coefficient (Wildman–Crippen LogP) is 12.7. The maximum Gasteiger partial charge on any atom is 0.488 e. The van der Waals surface area contributed by atoms with Gasteiger partial charge in [0.2, 0.25) is 0 Å². The fourth-order valence-corrected chi connectivity index (χ4v) is 8.92. The standard InChI is InChI=1S/C27H27ClO4.C23H27BrO4.C6H6BClO2.CH4/c1-17(26(29)30)12-18-4-10-24(11-5-18)31-16-22-14-20(19-6-8-23(28)9-7-19)13-21-15-27(2,3)32-25(21)22;1-5-26-22(25)15(2)10-16-6-8-20(9-7-16)27-14-18-12-19(24)11-17-13-23(3,4)28-21(17)18;8-6-3-1-5(2-4-6)7(9)10;/h4-11,13-14,17H,12,15-16H2,1-3H3,(H,29,30);6-9,11-12,15H,5,10,13-14H2,1-4H3;1-4,9-10H;1H4. The molecule has 0 aliphatic carbocycles. The van der Waals surface area contributed by atoms with Crippen molar-refractivity contribution in [2.75, 3.05) is 6.61 Å². The first kappa shape index (κ1) is 56.4. The summed E-state index contributed by atoms with van der Waals surface area (Å²) in [7, 11) is -1.41. The highest BCUT2D eigenvalue weighted by Crippen LogP contribution is 2.42. The van der Waals surface area contributed by atoms with Crippen LogP contribution in [0.2, 0.25) is 10.0 Å². The first-order chi connectivity index (χ1) is 33.2. The van der Waals surface area contributed by atoms with Crippen LogP contribution < -0.4 is 24.4 Å². The zero-order valence-electron chi connectivity index (χ0n) is 40.6. The molecule has 0 saturated carbocycles. The lowest BCUT2D eigenvalue weighted by atomic mass is 9.81. The van der Waals surface area contributed by atoms with E-state index < -0.39 is 19.0 Å². The number of aliphatic carboxylic acids is 1. The lowest BCUT2D eigenvalue weighted by Crippen LogP contribution is -2.29. The zero-order valence-corrected chi connectivity index (χ0v) is 43.7. The van der Waals surface area contributed by atoms with Gasteiger partial charge in [0.15, 0.2) is 0 Å². The van der Waals surface area contributed by atoms with Crippen LogP contribution in [0.4, 0.5) is 0 Å². The SMILES string of the molecule is C.CC(Cc1ccc(OCc2cc(-c3ccc(Cl)cc3)cc3c2OC(C)(C)C3)cc1)C(=O)O.CCOC(=O)C(C)Cc1ccc(OCc2cc(Br)cc3c2OC(C)(C)C3)cc1.OB(O)c1ccc(Cl)cc1. The first-order valence-electron chi connectivity index (χ1n) is 23.2. The largest absolute Gasteiger partial charge is 0.489 e. The number of ether oxygens (including phenoxy) is 5. The van der Waals surface area contributed by atoms with Gasteiger partial charge < -0.3 is 38.8 Å². The van der Waals surface area contributed by atoms with Crippen LogP contribution in [0, 0.1) is 11.8 Å². The topological polar surface area (TPSA) is 141 Å². The molecule has 0 fully saturated rings. The fourth-order valence-electron chi connectivity index (χ4n) is 8.12. The molecule has 376 valence electrons. The Morgan fingerprint density at radius 1 is 0.662 bits per heavy atom. The molecule has 10 nitrogen and oxygen atoms in total. The summed E-state index contributed by atoms with van der Waals surface area (Å²) in [5.74, 6) is 1.85. The van der Waals surface area contributed by atoms with Crippen LogP contribution >= 0.6 is 39.1 Å². The number of halogens is 3.